The Bertz CT molecular complexity index is 824. The number of likely N-dealkylation sites (tertiary alicyclic amines) is 1. The van der Waals surface area contributed by atoms with Crippen molar-refractivity contribution in [3.05, 3.63) is 35.2 Å². The lowest BCUT2D eigenvalue weighted by Gasteiger charge is -2.31. The second kappa shape index (κ2) is 7.51. The molecule has 0 saturated carbocycles. The number of alkyl halides is 3. The fraction of sp³-hybridized carbons (Fsp3) is 0.500. The van der Waals surface area contributed by atoms with Crippen LogP contribution in [-0.4, -0.2) is 45.2 Å². The maximum atomic E-state index is 13.0. The molecule has 0 aromatic carbocycles. The lowest BCUT2D eigenvalue weighted by atomic mass is 10.1. The summed E-state index contributed by atoms with van der Waals surface area (Å²) in [5, 5.41) is 7.31. The number of ether oxygens (including phenoxy) is 1. The van der Waals surface area contributed by atoms with Gasteiger partial charge in [-0.2, -0.15) is 13.2 Å². The summed E-state index contributed by atoms with van der Waals surface area (Å²) in [6, 6.07) is 2.26. The SMILES string of the molecule is Cc1nnc(C(=O)N2CCCC(Oc3cc(CN)cc(C(F)(F)F)n3)C2)o1. The van der Waals surface area contributed by atoms with Gasteiger partial charge in [0.15, 0.2) is 0 Å². The summed E-state index contributed by atoms with van der Waals surface area (Å²) >= 11 is 0. The van der Waals surface area contributed by atoms with Gasteiger partial charge in [-0.25, -0.2) is 4.98 Å². The Kier molecular flexibility index (Phi) is 5.31. The van der Waals surface area contributed by atoms with Crippen LogP contribution in [0.25, 0.3) is 0 Å². The third kappa shape index (κ3) is 4.54. The lowest BCUT2D eigenvalue weighted by Crippen LogP contribution is -2.44. The molecule has 3 heterocycles. The molecule has 1 aliphatic rings. The molecule has 1 atom stereocenters. The van der Waals surface area contributed by atoms with E-state index < -0.39 is 23.9 Å². The minimum absolute atomic E-state index is 0.0756. The van der Waals surface area contributed by atoms with Crippen LogP contribution in [0, 0.1) is 6.92 Å². The van der Waals surface area contributed by atoms with E-state index in [0.717, 1.165) is 6.07 Å². The number of carbonyl (C=O) groups excluding carboxylic acids is 1. The number of hydrogen-bond acceptors (Lipinski definition) is 7. The Labute approximate surface area is 152 Å². The van der Waals surface area contributed by atoms with E-state index in [2.05, 4.69) is 15.2 Å². The molecule has 1 aliphatic heterocycles. The number of halogens is 3. The Morgan fingerprint density at radius 3 is 2.81 bits per heavy atom. The highest BCUT2D eigenvalue weighted by Gasteiger charge is 2.34. The first-order valence-electron chi connectivity index (χ1n) is 8.30. The third-order valence-corrected chi connectivity index (χ3v) is 4.05. The normalized spacial score (nSPS) is 17.8. The van der Waals surface area contributed by atoms with Gasteiger partial charge in [-0.1, -0.05) is 0 Å². The molecule has 1 amide bonds. The summed E-state index contributed by atoms with van der Waals surface area (Å²) in [4.78, 5) is 17.4. The molecule has 1 saturated heterocycles. The number of amides is 1. The van der Waals surface area contributed by atoms with Crippen LogP contribution < -0.4 is 10.5 Å². The van der Waals surface area contributed by atoms with Gasteiger partial charge in [-0.3, -0.25) is 4.79 Å². The first-order chi connectivity index (χ1) is 12.8. The number of carbonyl (C=O) groups is 1. The van der Waals surface area contributed by atoms with E-state index >= 15 is 0 Å². The zero-order valence-corrected chi connectivity index (χ0v) is 14.5. The quantitative estimate of drug-likeness (QED) is 0.857. The number of aryl methyl sites for hydroxylation is 1. The van der Waals surface area contributed by atoms with E-state index in [0.29, 0.717) is 19.4 Å². The molecule has 0 radical (unpaired) electrons. The zero-order valence-electron chi connectivity index (χ0n) is 14.5. The van der Waals surface area contributed by atoms with Crippen LogP contribution in [0.5, 0.6) is 5.88 Å². The van der Waals surface area contributed by atoms with Gasteiger partial charge in [-0.05, 0) is 24.5 Å². The molecule has 146 valence electrons. The first kappa shape index (κ1) is 19.1. The Hall–Kier alpha value is -2.69. The van der Waals surface area contributed by atoms with Crippen molar-refractivity contribution in [1.29, 1.82) is 0 Å². The third-order valence-electron chi connectivity index (χ3n) is 4.05. The minimum Gasteiger partial charge on any atom is -0.472 e. The van der Waals surface area contributed by atoms with Gasteiger partial charge in [0.05, 0.1) is 6.54 Å². The fourth-order valence-corrected chi connectivity index (χ4v) is 2.79. The van der Waals surface area contributed by atoms with Crippen LogP contribution in [0.15, 0.2) is 16.5 Å². The second-order valence-electron chi connectivity index (χ2n) is 6.16. The predicted molar refractivity (Wildman–Crippen MR) is 85.7 cm³/mol. The molecule has 11 heteroatoms. The zero-order chi connectivity index (χ0) is 19.6. The van der Waals surface area contributed by atoms with Gasteiger partial charge < -0.3 is 19.8 Å². The van der Waals surface area contributed by atoms with E-state index in [1.54, 1.807) is 6.92 Å². The van der Waals surface area contributed by atoms with Gasteiger partial charge >= 0.3 is 18.0 Å². The molecule has 0 aliphatic carbocycles. The van der Waals surface area contributed by atoms with E-state index in [1.807, 2.05) is 0 Å². The van der Waals surface area contributed by atoms with Crippen molar-refractivity contribution in [2.24, 2.45) is 5.73 Å². The second-order valence-corrected chi connectivity index (χ2v) is 6.16. The van der Waals surface area contributed by atoms with Crippen LogP contribution >= 0.6 is 0 Å². The molecule has 8 nitrogen and oxygen atoms in total. The Balaban J connectivity index is 1.73. The first-order valence-corrected chi connectivity index (χ1v) is 8.30. The van der Waals surface area contributed by atoms with E-state index in [1.165, 1.54) is 11.0 Å². The summed E-state index contributed by atoms with van der Waals surface area (Å²) in [6.45, 7) is 2.13. The van der Waals surface area contributed by atoms with Crippen molar-refractivity contribution in [3.8, 4) is 5.88 Å². The Morgan fingerprint density at radius 2 is 2.19 bits per heavy atom. The number of rotatable bonds is 4. The van der Waals surface area contributed by atoms with Crippen molar-refractivity contribution in [2.75, 3.05) is 13.1 Å². The highest BCUT2D eigenvalue weighted by molar-refractivity contribution is 5.89. The van der Waals surface area contributed by atoms with Crippen molar-refractivity contribution >= 4 is 5.91 Å². The number of nitrogens with two attached hydrogens (primary N) is 1. The van der Waals surface area contributed by atoms with Crippen LogP contribution in [0.2, 0.25) is 0 Å². The molecule has 2 aromatic rings. The molecule has 0 bridgehead atoms. The molecule has 2 N–H and O–H groups in total. The standard InChI is InChI=1S/C16H18F3N5O3/c1-9-22-23-14(26-9)15(25)24-4-2-3-11(8-24)27-13-6-10(7-20)5-12(21-13)16(17,18)19/h5-6,11H,2-4,7-8,20H2,1H3. The van der Waals surface area contributed by atoms with Crippen molar-refractivity contribution in [3.63, 3.8) is 0 Å². The fourth-order valence-electron chi connectivity index (χ4n) is 2.79. The van der Waals surface area contributed by atoms with Crippen LogP contribution in [-0.2, 0) is 12.7 Å². The van der Waals surface area contributed by atoms with Gasteiger partial charge in [-0.15, -0.1) is 10.2 Å². The topological polar surface area (TPSA) is 107 Å². The molecular formula is C16H18F3N5O3. The van der Waals surface area contributed by atoms with Crippen LogP contribution in [0.4, 0.5) is 13.2 Å². The number of aromatic nitrogens is 3. The smallest absolute Gasteiger partial charge is 0.433 e. The number of nitrogens with zero attached hydrogens (tertiary/aromatic N) is 4. The van der Waals surface area contributed by atoms with E-state index in [4.69, 9.17) is 14.9 Å². The molecule has 1 unspecified atom stereocenters. The van der Waals surface area contributed by atoms with Crippen molar-refractivity contribution < 1.29 is 27.1 Å². The van der Waals surface area contributed by atoms with E-state index in [9.17, 15) is 18.0 Å². The van der Waals surface area contributed by atoms with Crippen LogP contribution in [0.1, 0.15) is 40.7 Å². The van der Waals surface area contributed by atoms with Crippen LogP contribution in [0.3, 0.4) is 0 Å². The summed E-state index contributed by atoms with van der Waals surface area (Å²) in [5.41, 5.74) is 4.66. The summed E-state index contributed by atoms with van der Waals surface area (Å²) < 4.78 is 49.7. The minimum atomic E-state index is -4.60. The van der Waals surface area contributed by atoms with Gasteiger partial charge in [0, 0.05) is 26.1 Å². The summed E-state index contributed by atoms with van der Waals surface area (Å²) in [7, 11) is 0. The van der Waals surface area contributed by atoms with E-state index in [-0.39, 0.29) is 36.3 Å². The number of hydrogen-bond donors (Lipinski definition) is 1. The van der Waals surface area contributed by atoms with Gasteiger partial charge in [0.25, 0.3) is 0 Å². The molecule has 0 spiro atoms. The summed E-state index contributed by atoms with van der Waals surface area (Å²) in [5.74, 6) is -0.469. The molecular weight excluding hydrogens is 367 g/mol. The van der Waals surface area contributed by atoms with Gasteiger partial charge in [0.2, 0.25) is 11.8 Å². The van der Waals surface area contributed by atoms with Crippen molar-refractivity contribution in [1.82, 2.24) is 20.1 Å². The summed E-state index contributed by atoms with van der Waals surface area (Å²) in [6.07, 6.45) is -3.92. The van der Waals surface area contributed by atoms with Crippen molar-refractivity contribution in [2.45, 2.75) is 38.6 Å². The average molecular weight is 385 g/mol. The highest BCUT2D eigenvalue weighted by Crippen LogP contribution is 2.30. The Morgan fingerprint density at radius 1 is 1.41 bits per heavy atom. The van der Waals surface area contributed by atoms with Gasteiger partial charge in [0.1, 0.15) is 11.8 Å². The maximum absolute atomic E-state index is 13.0. The predicted octanol–water partition coefficient (Wildman–Crippen LogP) is 1.93. The average Bonchev–Trinajstić information content (AvgIpc) is 3.06. The lowest BCUT2D eigenvalue weighted by molar-refractivity contribution is -0.141. The highest BCUT2D eigenvalue weighted by atomic mass is 19.4. The molecule has 2 aromatic heterocycles. The largest absolute Gasteiger partial charge is 0.472 e. The molecule has 1 fully saturated rings. The molecule has 3 rings (SSSR count). The maximum Gasteiger partial charge on any atom is 0.433 e. The molecule has 27 heavy (non-hydrogen) atoms. The monoisotopic (exact) mass is 385 g/mol. The number of pyridine rings is 1. The number of piperidine rings is 1.